The highest BCUT2D eigenvalue weighted by molar-refractivity contribution is 14.0. The number of nitrogens with two attached hydrogens (primary N) is 1. The molecule has 0 aliphatic carbocycles. The molecule has 132 valence electrons. The van der Waals surface area contributed by atoms with E-state index in [9.17, 15) is 4.79 Å². The van der Waals surface area contributed by atoms with Crippen LogP contribution in [0.15, 0.2) is 21.5 Å². The van der Waals surface area contributed by atoms with E-state index in [0.29, 0.717) is 24.8 Å². The van der Waals surface area contributed by atoms with Gasteiger partial charge in [-0.3, -0.25) is 14.5 Å². The van der Waals surface area contributed by atoms with Gasteiger partial charge in [0.05, 0.1) is 12.2 Å². The number of halogens is 1. The van der Waals surface area contributed by atoms with Crippen molar-refractivity contribution in [3.8, 4) is 0 Å². The van der Waals surface area contributed by atoms with Crippen LogP contribution in [0, 0.1) is 13.8 Å². The number of primary amides is 1. The number of nitrogens with one attached hydrogen (secondary N) is 2. The molecular formula is C15H23IN6O2. The number of nitrogens with zero attached hydrogens (tertiary/aromatic N) is 3. The summed E-state index contributed by atoms with van der Waals surface area (Å²) >= 11 is 0. The molecule has 8 nitrogen and oxygen atoms in total. The fourth-order valence-corrected chi connectivity index (χ4v) is 2.24. The van der Waals surface area contributed by atoms with Crippen molar-refractivity contribution in [3.05, 3.63) is 40.6 Å². The van der Waals surface area contributed by atoms with Crippen LogP contribution in [0.3, 0.4) is 0 Å². The van der Waals surface area contributed by atoms with Gasteiger partial charge in [-0.05, 0) is 26.0 Å². The Balaban J connectivity index is 0.00000288. The first-order chi connectivity index (χ1) is 10.9. The van der Waals surface area contributed by atoms with Crippen LogP contribution >= 0.6 is 24.0 Å². The van der Waals surface area contributed by atoms with E-state index in [0.717, 1.165) is 17.0 Å². The molecule has 24 heavy (non-hydrogen) atoms. The molecule has 9 heteroatoms. The fraction of sp³-hybridized carbons (Fsp3) is 0.400. The summed E-state index contributed by atoms with van der Waals surface area (Å²) < 4.78 is 7.17. The third-order valence-electron chi connectivity index (χ3n) is 3.65. The van der Waals surface area contributed by atoms with Crippen LogP contribution in [0.1, 0.15) is 33.3 Å². The van der Waals surface area contributed by atoms with Gasteiger partial charge in [-0.25, -0.2) is 0 Å². The fourth-order valence-electron chi connectivity index (χ4n) is 2.24. The van der Waals surface area contributed by atoms with Crippen LogP contribution in [-0.2, 0) is 20.1 Å². The van der Waals surface area contributed by atoms with Gasteiger partial charge in [0, 0.05) is 31.9 Å². The molecule has 0 fully saturated rings. The lowest BCUT2D eigenvalue weighted by molar-refractivity contribution is 0.0972. The van der Waals surface area contributed by atoms with Crippen molar-refractivity contribution in [2.75, 3.05) is 7.05 Å². The number of carbonyl (C=O) groups is 1. The second kappa shape index (κ2) is 8.71. The first-order valence-electron chi connectivity index (χ1n) is 7.24. The maximum absolute atomic E-state index is 11.0. The SMILES string of the molecule is CN=C(NCc1ccc(C(N)=O)o1)NCc1c(C)nn(C)c1C.I. The third-order valence-corrected chi connectivity index (χ3v) is 3.65. The Morgan fingerprint density at radius 3 is 2.50 bits per heavy atom. The number of rotatable bonds is 5. The summed E-state index contributed by atoms with van der Waals surface area (Å²) in [6.45, 7) is 5.03. The first kappa shape index (κ1) is 20.0. The summed E-state index contributed by atoms with van der Waals surface area (Å²) in [5.41, 5.74) is 8.40. The van der Waals surface area contributed by atoms with E-state index in [-0.39, 0.29) is 29.7 Å². The number of aliphatic imine (C=N–C) groups is 1. The molecule has 0 atom stereocenters. The molecule has 0 radical (unpaired) electrons. The number of aromatic nitrogens is 2. The molecule has 2 aromatic heterocycles. The Hall–Kier alpha value is -2.04. The second-order valence-corrected chi connectivity index (χ2v) is 5.18. The van der Waals surface area contributed by atoms with Crippen LogP contribution in [0.2, 0.25) is 0 Å². The maximum Gasteiger partial charge on any atom is 0.284 e. The number of hydrogen-bond acceptors (Lipinski definition) is 4. The number of furan rings is 1. The zero-order valence-corrected chi connectivity index (χ0v) is 16.5. The third kappa shape index (κ3) is 4.73. The van der Waals surface area contributed by atoms with Crippen LogP contribution in [-0.4, -0.2) is 28.7 Å². The Kier molecular flexibility index (Phi) is 7.26. The van der Waals surface area contributed by atoms with Crippen molar-refractivity contribution in [1.82, 2.24) is 20.4 Å². The van der Waals surface area contributed by atoms with E-state index in [2.05, 4.69) is 20.7 Å². The van der Waals surface area contributed by atoms with Crippen molar-refractivity contribution < 1.29 is 9.21 Å². The number of carbonyl (C=O) groups excluding carboxylic acids is 1. The Morgan fingerprint density at radius 2 is 2.00 bits per heavy atom. The number of guanidine groups is 1. The molecule has 0 bridgehead atoms. The van der Waals surface area contributed by atoms with Crippen molar-refractivity contribution in [2.45, 2.75) is 26.9 Å². The molecule has 0 aliphatic rings. The highest BCUT2D eigenvalue weighted by atomic mass is 127. The second-order valence-electron chi connectivity index (χ2n) is 5.18. The number of hydrogen-bond donors (Lipinski definition) is 3. The normalized spacial score (nSPS) is 11.1. The first-order valence-corrected chi connectivity index (χ1v) is 7.24. The van der Waals surface area contributed by atoms with Crippen molar-refractivity contribution in [2.24, 2.45) is 17.8 Å². The summed E-state index contributed by atoms with van der Waals surface area (Å²) in [7, 11) is 3.61. The smallest absolute Gasteiger partial charge is 0.284 e. The molecule has 0 unspecified atom stereocenters. The van der Waals surface area contributed by atoms with E-state index in [1.165, 1.54) is 0 Å². The molecule has 0 spiro atoms. The average Bonchev–Trinajstić information content (AvgIpc) is 3.07. The molecule has 1 amide bonds. The largest absolute Gasteiger partial charge is 0.454 e. The van der Waals surface area contributed by atoms with E-state index in [4.69, 9.17) is 10.2 Å². The van der Waals surface area contributed by atoms with Crippen LogP contribution in [0.25, 0.3) is 0 Å². The van der Waals surface area contributed by atoms with E-state index in [1.807, 2.05) is 25.6 Å². The Labute approximate surface area is 157 Å². The lowest BCUT2D eigenvalue weighted by atomic mass is 10.2. The average molecular weight is 446 g/mol. The minimum Gasteiger partial charge on any atom is -0.454 e. The van der Waals surface area contributed by atoms with E-state index >= 15 is 0 Å². The number of aryl methyl sites for hydroxylation is 2. The minimum absolute atomic E-state index is 0. The predicted molar refractivity (Wildman–Crippen MR) is 102 cm³/mol. The monoisotopic (exact) mass is 446 g/mol. The molecule has 2 rings (SSSR count). The summed E-state index contributed by atoms with van der Waals surface area (Å²) in [5.74, 6) is 0.799. The van der Waals surface area contributed by atoms with Crippen molar-refractivity contribution in [3.63, 3.8) is 0 Å². The summed E-state index contributed by atoms with van der Waals surface area (Å²) in [4.78, 5) is 15.2. The molecule has 0 aromatic carbocycles. The Morgan fingerprint density at radius 1 is 1.33 bits per heavy atom. The van der Waals surface area contributed by atoms with Gasteiger partial charge in [0.2, 0.25) is 0 Å². The van der Waals surface area contributed by atoms with Gasteiger partial charge < -0.3 is 20.8 Å². The lowest BCUT2D eigenvalue weighted by Crippen LogP contribution is -2.36. The van der Waals surface area contributed by atoms with Crippen molar-refractivity contribution >= 4 is 35.8 Å². The predicted octanol–water partition coefficient (Wildman–Crippen LogP) is 1.21. The molecular weight excluding hydrogens is 423 g/mol. The summed E-state index contributed by atoms with van der Waals surface area (Å²) in [6.07, 6.45) is 0. The van der Waals surface area contributed by atoms with E-state index in [1.54, 1.807) is 19.2 Å². The standard InChI is InChI=1S/C15H22N6O2.HI/c1-9-12(10(2)21(4)20-9)8-19-15(17-3)18-7-11-5-6-13(23-11)14(16)22;/h5-6H,7-8H2,1-4H3,(H2,16,22)(H2,17,18,19);1H. The van der Waals surface area contributed by atoms with Crippen LogP contribution in [0.4, 0.5) is 0 Å². The number of amides is 1. The molecule has 2 aromatic rings. The van der Waals surface area contributed by atoms with Gasteiger partial charge in [0.25, 0.3) is 5.91 Å². The van der Waals surface area contributed by atoms with E-state index < -0.39 is 5.91 Å². The summed E-state index contributed by atoms with van der Waals surface area (Å²) in [5, 5.41) is 10.7. The van der Waals surface area contributed by atoms with Gasteiger partial charge in [-0.1, -0.05) is 0 Å². The van der Waals surface area contributed by atoms with Crippen molar-refractivity contribution in [1.29, 1.82) is 0 Å². The van der Waals surface area contributed by atoms with Gasteiger partial charge in [-0.15, -0.1) is 24.0 Å². The Bertz CT molecular complexity index is 734. The molecule has 0 saturated carbocycles. The highest BCUT2D eigenvalue weighted by Gasteiger charge is 2.10. The quantitative estimate of drug-likeness (QED) is 0.364. The molecule has 0 aliphatic heterocycles. The zero-order chi connectivity index (χ0) is 17.0. The topological polar surface area (TPSA) is 110 Å². The van der Waals surface area contributed by atoms with Gasteiger partial charge in [0.1, 0.15) is 5.76 Å². The van der Waals surface area contributed by atoms with Crippen LogP contribution < -0.4 is 16.4 Å². The minimum atomic E-state index is -0.582. The van der Waals surface area contributed by atoms with Gasteiger partial charge in [-0.2, -0.15) is 5.10 Å². The lowest BCUT2D eigenvalue weighted by Gasteiger charge is -2.11. The zero-order valence-electron chi connectivity index (χ0n) is 14.2. The van der Waals surface area contributed by atoms with Gasteiger partial charge in [0.15, 0.2) is 11.7 Å². The maximum atomic E-state index is 11.0. The molecule has 4 N–H and O–H groups in total. The van der Waals surface area contributed by atoms with Crippen LogP contribution in [0.5, 0.6) is 0 Å². The molecule has 2 heterocycles. The summed E-state index contributed by atoms with van der Waals surface area (Å²) in [6, 6.07) is 3.26. The van der Waals surface area contributed by atoms with Gasteiger partial charge >= 0.3 is 0 Å². The molecule has 0 saturated heterocycles. The highest BCUT2D eigenvalue weighted by Crippen LogP contribution is 2.11.